The van der Waals surface area contributed by atoms with Crippen LogP contribution < -0.4 is 33.8 Å². The molecule has 1 saturated heterocycles. The first-order valence-corrected chi connectivity index (χ1v) is 16.3. The number of ether oxygens (including phenoxy) is 7. The van der Waals surface area contributed by atoms with Gasteiger partial charge in [-0.2, -0.15) is 0 Å². The summed E-state index contributed by atoms with van der Waals surface area (Å²) in [5.41, 5.74) is 0.994. The normalized spacial score (nSPS) is 13.7. The molecular formula is C37H43N2O12+. The van der Waals surface area contributed by atoms with E-state index >= 15 is 0 Å². The number of carbonyl (C=O) groups is 2. The lowest BCUT2D eigenvalue weighted by atomic mass is 10.1. The van der Waals surface area contributed by atoms with Crippen molar-refractivity contribution in [3.8, 4) is 51.6 Å². The SMILES string of the molecule is CCOC(=O)COc1cc(-c2cc(=O)c3c(O)cc(OCC(=O)N4CC[N+](C)(Cc5ccc(OC)c(OC)c5OC)CC4)cc3o2)ccc1OC. The fourth-order valence-corrected chi connectivity index (χ4v) is 6.04. The molecule has 14 nitrogen and oxygen atoms in total. The average molecular weight is 708 g/mol. The van der Waals surface area contributed by atoms with Crippen LogP contribution in [0.15, 0.2) is 57.7 Å². The molecule has 1 amide bonds. The van der Waals surface area contributed by atoms with Gasteiger partial charge in [-0.3, -0.25) is 9.59 Å². The first kappa shape index (κ1) is 36.6. The number of nitrogens with zero attached hydrogens (tertiary/aromatic N) is 2. The molecule has 1 aliphatic heterocycles. The van der Waals surface area contributed by atoms with E-state index in [1.807, 2.05) is 12.1 Å². The second-order valence-electron chi connectivity index (χ2n) is 12.1. The molecule has 0 atom stereocenters. The van der Waals surface area contributed by atoms with Crippen LogP contribution in [0.25, 0.3) is 22.3 Å². The zero-order chi connectivity index (χ0) is 36.7. The van der Waals surface area contributed by atoms with Gasteiger partial charge < -0.3 is 52.1 Å². The fourth-order valence-electron chi connectivity index (χ4n) is 6.04. The zero-order valence-corrected chi connectivity index (χ0v) is 29.6. The van der Waals surface area contributed by atoms with Crippen LogP contribution in [-0.2, 0) is 20.9 Å². The quantitative estimate of drug-likeness (QED) is 0.149. The van der Waals surface area contributed by atoms with E-state index in [0.29, 0.717) is 65.8 Å². The number of benzene rings is 3. The van der Waals surface area contributed by atoms with Crippen LogP contribution in [0.2, 0.25) is 0 Å². The standard InChI is InChI=1S/C37H42N2O12/c1-7-48-34(43)22-50-31-16-23(8-10-28(31)44-3)30-19-27(41)35-26(40)17-25(18-32(35)51-30)49-21-33(42)38-12-14-39(2,15-13-38)20-24-9-11-29(45-4)37(47-6)36(24)46-5/h8-11,16-19H,7,12-15,20-22H2,1-6H3/p+1. The number of phenols is 1. The Morgan fingerprint density at radius 3 is 2.22 bits per heavy atom. The maximum atomic E-state index is 13.2. The fraction of sp³-hybridized carbons (Fsp3) is 0.378. The molecule has 3 aromatic carbocycles. The molecule has 272 valence electrons. The number of fused-ring (bicyclic) bond motifs is 1. The Labute approximate surface area is 295 Å². The van der Waals surface area contributed by atoms with Crippen molar-refractivity contribution in [3.05, 3.63) is 64.3 Å². The van der Waals surface area contributed by atoms with Crippen molar-refractivity contribution >= 4 is 22.8 Å². The number of hydrogen-bond donors (Lipinski definition) is 1. The predicted octanol–water partition coefficient (Wildman–Crippen LogP) is 4.01. The second-order valence-corrected chi connectivity index (χ2v) is 12.1. The van der Waals surface area contributed by atoms with Crippen molar-refractivity contribution in [2.45, 2.75) is 13.5 Å². The van der Waals surface area contributed by atoms with Crippen LogP contribution >= 0.6 is 0 Å². The molecule has 1 fully saturated rings. The van der Waals surface area contributed by atoms with E-state index in [0.717, 1.165) is 5.56 Å². The van der Waals surface area contributed by atoms with Crippen molar-refractivity contribution in [1.82, 2.24) is 4.90 Å². The molecule has 0 aliphatic carbocycles. The highest BCUT2D eigenvalue weighted by atomic mass is 16.6. The van der Waals surface area contributed by atoms with Crippen LogP contribution in [0.1, 0.15) is 12.5 Å². The number of esters is 1. The average Bonchev–Trinajstić information content (AvgIpc) is 3.12. The lowest BCUT2D eigenvalue weighted by molar-refractivity contribution is -0.926. The van der Waals surface area contributed by atoms with Gasteiger partial charge in [0.2, 0.25) is 5.75 Å². The number of phenolic OH excluding ortho intramolecular Hbond substituents is 1. The molecule has 1 aromatic heterocycles. The molecule has 51 heavy (non-hydrogen) atoms. The largest absolute Gasteiger partial charge is 0.507 e. The molecule has 0 spiro atoms. The molecule has 2 heterocycles. The molecular weight excluding hydrogens is 664 g/mol. The summed E-state index contributed by atoms with van der Waals surface area (Å²) in [6.07, 6.45) is 0. The first-order valence-electron chi connectivity index (χ1n) is 16.3. The minimum absolute atomic E-state index is 0.0380. The zero-order valence-electron chi connectivity index (χ0n) is 29.6. The molecule has 14 heteroatoms. The Morgan fingerprint density at radius 2 is 1.55 bits per heavy atom. The van der Waals surface area contributed by atoms with Crippen molar-refractivity contribution in [2.75, 3.05) is 81.5 Å². The molecule has 4 aromatic rings. The number of amides is 1. The maximum Gasteiger partial charge on any atom is 0.344 e. The van der Waals surface area contributed by atoms with Gasteiger partial charge in [-0.25, -0.2) is 4.79 Å². The monoisotopic (exact) mass is 707 g/mol. The number of piperazine rings is 1. The summed E-state index contributed by atoms with van der Waals surface area (Å²) in [5.74, 6) is 1.56. The Hall–Kier alpha value is -5.63. The summed E-state index contributed by atoms with van der Waals surface area (Å²) in [6.45, 7) is 4.40. The summed E-state index contributed by atoms with van der Waals surface area (Å²) >= 11 is 0. The van der Waals surface area contributed by atoms with Crippen LogP contribution in [0, 0.1) is 0 Å². The number of carbonyl (C=O) groups excluding carboxylic acids is 2. The molecule has 0 bridgehead atoms. The number of hydrogen-bond acceptors (Lipinski definition) is 12. The van der Waals surface area contributed by atoms with Crippen LogP contribution in [-0.4, -0.2) is 108 Å². The third-order valence-corrected chi connectivity index (χ3v) is 8.75. The summed E-state index contributed by atoms with van der Waals surface area (Å²) < 4.78 is 45.0. The predicted molar refractivity (Wildman–Crippen MR) is 186 cm³/mol. The third-order valence-electron chi connectivity index (χ3n) is 8.75. The van der Waals surface area contributed by atoms with Crippen molar-refractivity contribution < 1.29 is 56.8 Å². The van der Waals surface area contributed by atoms with Gasteiger partial charge in [0.05, 0.1) is 73.8 Å². The van der Waals surface area contributed by atoms with Crippen LogP contribution in [0.5, 0.6) is 40.2 Å². The van der Waals surface area contributed by atoms with Crippen LogP contribution in [0.3, 0.4) is 0 Å². The maximum absolute atomic E-state index is 13.2. The van der Waals surface area contributed by atoms with Gasteiger partial charge in [-0.05, 0) is 37.3 Å². The molecule has 1 aliphatic rings. The van der Waals surface area contributed by atoms with Crippen molar-refractivity contribution in [3.63, 3.8) is 0 Å². The van der Waals surface area contributed by atoms with E-state index in [1.165, 1.54) is 25.3 Å². The Bertz CT molecular complexity index is 1950. The van der Waals surface area contributed by atoms with Gasteiger partial charge in [0, 0.05) is 23.8 Å². The lowest BCUT2D eigenvalue weighted by Crippen LogP contribution is -2.58. The van der Waals surface area contributed by atoms with Crippen LogP contribution in [0.4, 0.5) is 0 Å². The topological polar surface area (TPSA) is 152 Å². The van der Waals surface area contributed by atoms with Crippen molar-refractivity contribution in [1.29, 1.82) is 0 Å². The highest BCUT2D eigenvalue weighted by Gasteiger charge is 2.33. The number of likely N-dealkylation sites (N-methyl/N-ethyl adjacent to an activating group) is 1. The molecule has 5 rings (SSSR count). The highest BCUT2D eigenvalue weighted by molar-refractivity contribution is 5.86. The van der Waals surface area contributed by atoms with Gasteiger partial charge in [-0.1, -0.05) is 0 Å². The summed E-state index contributed by atoms with van der Waals surface area (Å²) in [4.78, 5) is 39.9. The van der Waals surface area contributed by atoms with E-state index in [-0.39, 0.29) is 59.7 Å². The molecule has 0 radical (unpaired) electrons. The van der Waals surface area contributed by atoms with E-state index in [1.54, 1.807) is 51.4 Å². The minimum Gasteiger partial charge on any atom is -0.507 e. The number of aromatic hydroxyl groups is 1. The highest BCUT2D eigenvalue weighted by Crippen LogP contribution is 2.41. The summed E-state index contributed by atoms with van der Waals surface area (Å²) in [6, 6.07) is 12.6. The van der Waals surface area contributed by atoms with Gasteiger partial charge in [0.1, 0.15) is 34.8 Å². The number of methoxy groups -OCH3 is 4. The number of quaternary nitrogens is 1. The Balaban J connectivity index is 1.26. The Kier molecular flexibility index (Phi) is 11.4. The van der Waals surface area contributed by atoms with Gasteiger partial charge >= 0.3 is 5.97 Å². The lowest BCUT2D eigenvalue weighted by Gasteiger charge is -2.42. The number of rotatable bonds is 14. The third kappa shape index (κ3) is 8.23. The first-order chi connectivity index (χ1) is 24.5. The van der Waals surface area contributed by atoms with E-state index in [2.05, 4.69) is 7.05 Å². The molecule has 1 N–H and O–H groups in total. The Morgan fingerprint density at radius 1 is 0.843 bits per heavy atom. The smallest absolute Gasteiger partial charge is 0.344 e. The van der Waals surface area contributed by atoms with E-state index < -0.39 is 11.4 Å². The van der Waals surface area contributed by atoms with Gasteiger partial charge in [0.15, 0.2) is 41.6 Å². The van der Waals surface area contributed by atoms with E-state index in [4.69, 9.17) is 37.6 Å². The molecule has 0 unspecified atom stereocenters. The summed E-state index contributed by atoms with van der Waals surface area (Å²) in [5, 5.41) is 10.7. The van der Waals surface area contributed by atoms with Gasteiger partial charge in [-0.15, -0.1) is 0 Å². The summed E-state index contributed by atoms with van der Waals surface area (Å²) in [7, 11) is 8.35. The van der Waals surface area contributed by atoms with E-state index in [9.17, 15) is 19.5 Å². The van der Waals surface area contributed by atoms with Crippen molar-refractivity contribution in [2.24, 2.45) is 0 Å². The molecule has 0 saturated carbocycles. The second kappa shape index (κ2) is 15.9. The minimum atomic E-state index is -0.547. The van der Waals surface area contributed by atoms with Gasteiger partial charge in [0.25, 0.3) is 5.91 Å².